The SMILES string of the molecule is CC(C)CC(NC(=O)C(CC(=O)O)NC(=O)C(CCCCN)NC(=O)C(N)C(C)O)C(=O)NC(CCCCN)C(=O)NC(CCC(=O)O)C(=O)NC(CCCCN)C(=O)NC(CCCCN)C(=O)NC(CCC(=O)O)C(=O)NC(C(=O)O)C(C)C. The van der Waals surface area contributed by atoms with Crippen LogP contribution >= 0.6 is 0 Å². The number of unbranched alkanes of at least 4 members (excludes halogenated alkanes) is 4. The number of carboxylic acids is 4. The molecule has 0 saturated carbocycles. The Morgan fingerprint density at radius 1 is 0.353 bits per heavy atom. The number of rotatable bonds is 47. The smallest absolute Gasteiger partial charge is 0.326 e. The molecule has 0 spiro atoms. The third-order valence-electron chi connectivity index (χ3n) is 13.3. The van der Waals surface area contributed by atoms with Gasteiger partial charge in [0.25, 0.3) is 0 Å². The maximum atomic E-state index is 14.3. The fourth-order valence-corrected chi connectivity index (χ4v) is 8.37. The fourth-order valence-electron chi connectivity index (χ4n) is 8.37. The molecule has 486 valence electrons. The number of carboxylic acid groups (broad SMARTS) is 4. The largest absolute Gasteiger partial charge is 0.481 e. The number of nitrogens with two attached hydrogens (primary N) is 5. The lowest BCUT2D eigenvalue weighted by Crippen LogP contribution is -2.61. The number of aliphatic hydroxyl groups is 1. The summed E-state index contributed by atoms with van der Waals surface area (Å²) in [4.78, 5) is 172. The number of aliphatic hydroxyl groups excluding tert-OH is 1. The molecule has 0 radical (unpaired) electrons. The molecule has 0 aliphatic rings. The minimum Gasteiger partial charge on any atom is -0.481 e. The molecule has 0 aliphatic carbocycles. The van der Waals surface area contributed by atoms with Crippen LogP contribution in [0.25, 0.3) is 0 Å². The Hall–Kier alpha value is -7.13. The average Bonchev–Trinajstić information content (AvgIpc) is 3.64. The molecule has 0 aromatic carbocycles. The van der Waals surface area contributed by atoms with Crippen molar-refractivity contribution in [3.8, 4) is 0 Å². The van der Waals surface area contributed by atoms with Crippen LogP contribution in [0.1, 0.15) is 150 Å². The number of carbonyl (C=O) groups excluding carboxylic acids is 9. The van der Waals surface area contributed by atoms with Crippen molar-refractivity contribution in [2.24, 2.45) is 40.5 Å². The van der Waals surface area contributed by atoms with Gasteiger partial charge in [-0.15, -0.1) is 0 Å². The van der Waals surface area contributed by atoms with Gasteiger partial charge < -0.3 is 102 Å². The van der Waals surface area contributed by atoms with Crippen LogP contribution in [0.2, 0.25) is 0 Å². The van der Waals surface area contributed by atoms with Gasteiger partial charge in [-0.3, -0.25) is 57.5 Å². The second-order valence-electron chi connectivity index (χ2n) is 21.6. The van der Waals surface area contributed by atoms with E-state index in [2.05, 4.69) is 47.9 Å². The number of carbonyl (C=O) groups is 13. The third-order valence-corrected chi connectivity index (χ3v) is 13.3. The molecule has 9 amide bonds. The number of hydrogen-bond acceptors (Lipinski definition) is 19. The van der Waals surface area contributed by atoms with Crippen LogP contribution in [-0.4, -0.2) is 195 Å². The second kappa shape index (κ2) is 42.6. The summed E-state index contributed by atoms with van der Waals surface area (Å²) in [5.74, 6) is -15.7. The summed E-state index contributed by atoms with van der Waals surface area (Å²) < 4.78 is 0. The van der Waals surface area contributed by atoms with Crippen molar-refractivity contribution >= 4 is 77.0 Å². The van der Waals surface area contributed by atoms with Crippen LogP contribution in [0.3, 0.4) is 0 Å². The first-order valence-corrected chi connectivity index (χ1v) is 28.8. The van der Waals surface area contributed by atoms with Crippen LogP contribution < -0.4 is 76.5 Å². The lowest BCUT2D eigenvalue weighted by molar-refractivity contribution is -0.144. The van der Waals surface area contributed by atoms with E-state index in [9.17, 15) is 87.9 Å². The summed E-state index contributed by atoms with van der Waals surface area (Å²) in [5.41, 5.74) is 28.5. The van der Waals surface area contributed by atoms with Gasteiger partial charge in [0.1, 0.15) is 60.4 Å². The van der Waals surface area contributed by atoms with Gasteiger partial charge in [0.15, 0.2) is 0 Å². The number of amides is 9. The zero-order valence-corrected chi connectivity index (χ0v) is 49.5. The average molecular weight is 1220 g/mol. The van der Waals surface area contributed by atoms with Gasteiger partial charge >= 0.3 is 23.9 Å². The van der Waals surface area contributed by atoms with E-state index in [1.165, 1.54) is 20.8 Å². The van der Waals surface area contributed by atoms with Crippen LogP contribution in [0, 0.1) is 11.8 Å². The highest BCUT2D eigenvalue weighted by molar-refractivity contribution is 5.99. The van der Waals surface area contributed by atoms with E-state index in [0.717, 1.165) is 0 Å². The van der Waals surface area contributed by atoms with E-state index < -0.39 is 182 Å². The normalized spacial score (nSPS) is 15.1. The molecule has 0 bridgehead atoms. The maximum absolute atomic E-state index is 14.3. The molecule has 0 saturated heterocycles. The van der Waals surface area contributed by atoms with Gasteiger partial charge in [0, 0.05) is 12.8 Å². The third kappa shape index (κ3) is 32.7. The van der Waals surface area contributed by atoms with Crippen LogP contribution in [0.15, 0.2) is 0 Å². The van der Waals surface area contributed by atoms with E-state index >= 15 is 0 Å². The summed E-state index contributed by atoms with van der Waals surface area (Å²) >= 11 is 0. The first-order chi connectivity index (χ1) is 39.9. The van der Waals surface area contributed by atoms with Crippen molar-refractivity contribution in [1.82, 2.24) is 47.9 Å². The van der Waals surface area contributed by atoms with Gasteiger partial charge in [-0.25, -0.2) is 4.79 Å². The van der Waals surface area contributed by atoms with Crippen molar-refractivity contribution in [3.63, 3.8) is 0 Å². The predicted octanol–water partition coefficient (Wildman–Crippen LogP) is -4.44. The lowest BCUT2D eigenvalue weighted by Gasteiger charge is -2.28. The highest BCUT2D eigenvalue weighted by atomic mass is 16.4. The van der Waals surface area contributed by atoms with Gasteiger partial charge in [-0.05, 0) is 141 Å². The molecule has 32 heteroatoms. The highest BCUT2D eigenvalue weighted by Crippen LogP contribution is 2.13. The quantitative estimate of drug-likeness (QED) is 0.0256. The van der Waals surface area contributed by atoms with Crippen molar-refractivity contribution in [1.29, 1.82) is 0 Å². The van der Waals surface area contributed by atoms with Gasteiger partial charge in [-0.2, -0.15) is 0 Å². The van der Waals surface area contributed by atoms with Crippen molar-refractivity contribution in [3.05, 3.63) is 0 Å². The minimum atomic E-state index is -1.84. The molecule has 11 atom stereocenters. The molecule has 0 fully saturated rings. The fraction of sp³-hybridized carbons (Fsp3) is 0.755. The van der Waals surface area contributed by atoms with E-state index in [-0.39, 0.29) is 83.5 Å². The van der Waals surface area contributed by atoms with E-state index in [1.807, 2.05) is 0 Å². The summed E-state index contributed by atoms with van der Waals surface area (Å²) in [6.07, 6.45) is -2.79. The van der Waals surface area contributed by atoms with Gasteiger partial charge in [-0.1, -0.05) is 27.7 Å². The summed E-state index contributed by atoms with van der Waals surface area (Å²) in [5, 5.41) is 70.4. The molecule has 0 aromatic heterocycles. The van der Waals surface area contributed by atoms with E-state index in [4.69, 9.17) is 28.7 Å². The maximum Gasteiger partial charge on any atom is 0.326 e. The number of nitrogens with one attached hydrogen (secondary N) is 9. The molecular formula is C53H96N14O18. The first kappa shape index (κ1) is 77.9. The Labute approximate surface area is 494 Å². The monoisotopic (exact) mass is 1220 g/mol. The van der Waals surface area contributed by atoms with Gasteiger partial charge in [0.05, 0.1) is 12.5 Å². The number of hydrogen-bond donors (Lipinski definition) is 19. The molecule has 85 heavy (non-hydrogen) atoms. The van der Waals surface area contributed by atoms with Crippen LogP contribution in [0.4, 0.5) is 0 Å². The predicted molar refractivity (Wildman–Crippen MR) is 307 cm³/mol. The zero-order chi connectivity index (χ0) is 64.9. The Bertz CT molecular complexity index is 2190. The summed E-state index contributed by atoms with van der Waals surface area (Å²) in [6, 6.07) is -15.3. The number of aliphatic carboxylic acids is 4. The minimum absolute atomic E-state index is 0.0295. The molecule has 0 aliphatic heterocycles. The highest BCUT2D eigenvalue weighted by Gasteiger charge is 2.37. The Balaban J connectivity index is 7.08. The van der Waals surface area contributed by atoms with E-state index in [1.54, 1.807) is 13.8 Å². The topological polar surface area (TPSA) is 561 Å². The Kier molecular flexibility index (Phi) is 39.1. The molecule has 0 aromatic rings. The van der Waals surface area contributed by atoms with Crippen LogP contribution in [0.5, 0.6) is 0 Å². The molecule has 0 rings (SSSR count). The van der Waals surface area contributed by atoms with Crippen LogP contribution in [-0.2, 0) is 62.3 Å². The molecule has 24 N–H and O–H groups in total. The molecule has 0 heterocycles. The summed E-state index contributed by atoms with van der Waals surface area (Å²) in [6.45, 7) is 8.34. The standard InChI is InChI=1S/C53H96N14O18/c1-28(2)26-37(65-51(82)38(27-41(73)74)66-47(78)34(17-9-13-25-57)64-52(83)42(58)30(5)68)50(81)61-33(16-8-12-24-56)46(77)62-35(18-20-39(69)70)48(79)60-31(14-6-10-22-54)44(75)59-32(15-7-11-23-55)45(76)63-36(19-21-40(71)72)49(80)67-43(29(3)4)53(84)85/h28-38,42-43,68H,6-27,54-58H2,1-5H3,(H,59,75)(H,60,79)(H,61,81)(H,62,77)(H,63,76)(H,64,83)(H,65,82)(H,66,78)(H,67,80)(H,69,70)(H,71,72)(H,73,74)(H,84,85). The van der Waals surface area contributed by atoms with Crippen molar-refractivity contribution in [2.45, 2.75) is 217 Å². The van der Waals surface area contributed by atoms with Crippen molar-refractivity contribution < 1.29 is 87.9 Å². The molecular weight excluding hydrogens is 1120 g/mol. The second-order valence-corrected chi connectivity index (χ2v) is 21.6. The molecule has 11 unspecified atom stereocenters. The first-order valence-electron chi connectivity index (χ1n) is 28.8. The Morgan fingerprint density at radius 2 is 0.624 bits per heavy atom. The molecule has 32 nitrogen and oxygen atoms in total. The zero-order valence-electron chi connectivity index (χ0n) is 49.5. The lowest BCUT2D eigenvalue weighted by atomic mass is 10.0. The summed E-state index contributed by atoms with van der Waals surface area (Å²) in [7, 11) is 0. The van der Waals surface area contributed by atoms with Gasteiger partial charge in [0.2, 0.25) is 53.2 Å². The Morgan fingerprint density at radius 3 is 0.894 bits per heavy atom. The van der Waals surface area contributed by atoms with Crippen molar-refractivity contribution in [2.75, 3.05) is 26.2 Å². The van der Waals surface area contributed by atoms with E-state index in [0.29, 0.717) is 32.1 Å².